The fourth-order valence-electron chi connectivity index (χ4n) is 3.31. The summed E-state index contributed by atoms with van der Waals surface area (Å²) in [5.41, 5.74) is 0.388. The van der Waals surface area contributed by atoms with Crippen molar-refractivity contribution in [3.05, 3.63) is 0 Å². The van der Waals surface area contributed by atoms with E-state index in [1.54, 1.807) is 4.90 Å². The molecule has 0 aromatic heterocycles. The monoisotopic (exact) mass is 313 g/mol. The van der Waals surface area contributed by atoms with Crippen LogP contribution >= 0.6 is 0 Å². The summed E-state index contributed by atoms with van der Waals surface area (Å²) in [6.45, 7) is 14.6. The van der Waals surface area contributed by atoms with Gasteiger partial charge in [-0.3, -0.25) is 9.69 Å². The van der Waals surface area contributed by atoms with Crippen molar-refractivity contribution in [2.75, 3.05) is 32.7 Å². The van der Waals surface area contributed by atoms with E-state index in [2.05, 4.69) is 44.8 Å². The van der Waals surface area contributed by atoms with Crippen molar-refractivity contribution in [1.29, 1.82) is 0 Å². The summed E-state index contributed by atoms with van der Waals surface area (Å²) in [4.78, 5) is 26.6. The summed E-state index contributed by atoms with van der Waals surface area (Å²) in [5.74, 6) is -0.894. The molecule has 1 saturated heterocycles. The highest BCUT2D eigenvalue weighted by Crippen LogP contribution is 2.31. The molecule has 128 valence electrons. The molecule has 2 N–H and O–H groups in total. The van der Waals surface area contributed by atoms with Crippen molar-refractivity contribution >= 4 is 12.0 Å². The van der Waals surface area contributed by atoms with Gasteiger partial charge in [-0.25, -0.2) is 4.79 Å². The van der Waals surface area contributed by atoms with Crippen LogP contribution in [-0.2, 0) is 4.79 Å². The maximum Gasteiger partial charge on any atom is 0.317 e. The van der Waals surface area contributed by atoms with Crippen LogP contribution in [0, 0.1) is 5.41 Å². The summed E-state index contributed by atoms with van der Waals surface area (Å²) < 4.78 is 0. The Bertz CT molecular complexity index is 394. The normalized spacial score (nSPS) is 17.4. The minimum absolute atomic E-state index is 0.0374. The highest BCUT2D eigenvalue weighted by molar-refractivity contribution is 5.75. The zero-order valence-corrected chi connectivity index (χ0v) is 14.6. The minimum Gasteiger partial charge on any atom is -0.481 e. The van der Waals surface area contributed by atoms with Gasteiger partial charge in [0.15, 0.2) is 0 Å². The Morgan fingerprint density at radius 3 is 2.05 bits per heavy atom. The number of carbonyl (C=O) groups is 2. The fraction of sp³-hybridized carbons (Fsp3) is 0.875. The van der Waals surface area contributed by atoms with Crippen molar-refractivity contribution in [2.45, 2.75) is 53.0 Å². The van der Waals surface area contributed by atoms with E-state index in [0.29, 0.717) is 13.1 Å². The van der Waals surface area contributed by atoms with Crippen molar-refractivity contribution in [3.8, 4) is 0 Å². The lowest BCUT2D eigenvalue weighted by Gasteiger charge is -2.46. The Balaban J connectivity index is 2.42. The molecule has 0 unspecified atom stereocenters. The summed E-state index contributed by atoms with van der Waals surface area (Å²) in [6.07, 6.45) is 1.06. The molecule has 0 spiro atoms. The zero-order chi connectivity index (χ0) is 17.0. The van der Waals surface area contributed by atoms with Crippen LogP contribution in [0.3, 0.4) is 0 Å². The molecule has 22 heavy (non-hydrogen) atoms. The molecule has 0 aliphatic carbocycles. The average molecular weight is 313 g/mol. The van der Waals surface area contributed by atoms with Gasteiger partial charge in [0.25, 0.3) is 0 Å². The Kier molecular flexibility index (Phi) is 6.23. The van der Waals surface area contributed by atoms with Gasteiger partial charge in [0.05, 0.1) is 6.42 Å². The van der Waals surface area contributed by atoms with Crippen molar-refractivity contribution in [2.24, 2.45) is 5.41 Å². The van der Waals surface area contributed by atoms with Gasteiger partial charge < -0.3 is 15.3 Å². The Morgan fingerprint density at radius 1 is 1.05 bits per heavy atom. The molecule has 1 aliphatic heterocycles. The van der Waals surface area contributed by atoms with Crippen LogP contribution in [0.1, 0.15) is 47.5 Å². The van der Waals surface area contributed by atoms with Gasteiger partial charge in [-0.1, -0.05) is 20.8 Å². The van der Waals surface area contributed by atoms with Gasteiger partial charge in [-0.15, -0.1) is 0 Å². The highest BCUT2D eigenvalue weighted by atomic mass is 16.4. The van der Waals surface area contributed by atoms with Crippen LogP contribution in [0.4, 0.5) is 4.79 Å². The van der Waals surface area contributed by atoms with Crippen LogP contribution in [0.15, 0.2) is 0 Å². The van der Waals surface area contributed by atoms with Crippen molar-refractivity contribution in [1.82, 2.24) is 15.1 Å². The Hall–Kier alpha value is -1.30. The number of nitrogens with one attached hydrogen (secondary N) is 1. The number of nitrogens with zero attached hydrogens (tertiary/aromatic N) is 2. The summed E-state index contributed by atoms with van der Waals surface area (Å²) in [5, 5.41) is 11.2. The number of aliphatic carboxylic acids is 1. The molecule has 0 atom stereocenters. The van der Waals surface area contributed by atoms with Crippen LogP contribution < -0.4 is 5.32 Å². The van der Waals surface area contributed by atoms with E-state index in [9.17, 15) is 9.59 Å². The number of amides is 2. The third-order valence-electron chi connectivity index (χ3n) is 4.00. The van der Waals surface area contributed by atoms with Gasteiger partial charge >= 0.3 is 12.0 Å². The molecule has 6 heteroatoms. The van der Waals surface area contributed by atoms with Crippen LogP contribution in [0.5, 0.6) is 0 Å². The predicted molar refractivity (Wildman–Crippen MR) is 86.9 cm³/mol. The van der Waals surface area contributed by atoms with Crippen LogP contribution in [0.2, 0.25) is 0 Å². The molecule has 1 aliphatic rings. The van der Waals surface area contributed by atoms with Gasteiger partial charge in [-0.05, 0) is 25.7 Å². The molecule has 0 aromatic rings. The first-order valence-electron chi connectivity index (χ1n) is 8.01. The lowest BCUT2D eigenvalue weighted by molar-refractivity contribution is -0.136. The SMILES string of the molecule is CC(C)(C)CC(C)(C)N1CCN(C(=O)NCCC(=O)O)CC1. The summed E-state index contributed by atoms with van der Waals surface area (Å²) in [7, 11) is 0. The molecule has 1 fully saturated rings. The second kappa shape index (κ2) is 7.31. The number of carbonyl (C=O) groups excluding carboxylic acids is 1. The van der Waals surface area contributed by atoms with E-state index in [1.807, 2.05) is 0 Å². The molecule has 2 amide bonds. The first-order chi connectivity index (χ1) is 10.0. The van der Waals surface area contributed by atoms with E-state index in [-0.39, 0.29) is 30.0 Å². The standard InChI is InChI=1S/C16H31N3O3/c1-15(2,3)12-16(4,5)19-10-8-18(9-11-19)14(22)17-7-6-13(20)21/h6-12H2,1-5H3,(H,17,22)(H,20,21). The second-order valence-electron chi connectivity index (χ2n) is 7.90. The quantitative estimate of drug-likeness (QED) is 0.814. The van der Waals surface area contributed by atoms with E-state index < -0.39 is 5.97 Å². The second-order valence-corrected chi connectivity index (χ2v) is 7.90. The lowest BCUT2D eigenvalue weighted by Crippen LogP contribution is -2.58. The Morgan fingerprint density at radius 2 is 1.59 bits per heavy atom. The maximum absolute atomic E-state index is 12.0. The number of urea groups is 1. The van der Waals surface area contributed by atoms with Gasteiger partial charge in [-0.2, -0.15) is 0 Å². The molecule has 6 nitrogen and oxygen atoms in total. The summed E-state index contributed by atoms with van der Waals surface area (Å²) >= 11 is 0. The van der Waals surface area contributed by atoms with E-state index in [1.165, 1.54) is 0 Å². The smallest absolute Gasteiger partial charge is 0.317 e. The topological polar surface area (TPSA) is 72.9 Å². The maximum atomic E-state index is 12.0. The third-order valence-corrected chi connectivity index (χ3v) is 4.00. The molecular weight excluding hydrogens is 282 g/mol. The number of carboxylic acids is 1. The van der Waals surface area contributed by atoms with Gasteiger partial charge in [0, 0.05) is 38.3 Å². The van der Waals surface area contributed by atoms with E-state index in [0.717, 1.165) is 19.5 Å². The van der Waals surface area contributed by atoms with E-state index >= 15 is 0 Å². The van der Waals surface area contributed by atoms with Crippen LogP contribution in [0.25, 0.3) is 0 Å². The molecular formula is C16H31N3O3. The largest absolute Gasteiger partial charge is 0.481 e. The van der Waals surface area contributed by atoms with Crippen molar-refractivity contribution in [3.63, 3.8) is 0 Å². The van der Waals surface area contributed by atoms with E-state index in [4.69, 9.17) is 5.11 Å². The summed E-state index contributed by atoms with van der Waals surface area (Å²) in [6, 6.07) is -0.158. The first kappa shape index (κ1) is 18.7. The predicted octanol–water partition coefficient (Wildman–Crippen LogP) is 2.00. The van der Waals surface area contributed by atoms with Gasteiger partial charge in [0.2, 0.25) is 0 Å². The molecule has 0 radical (unpaired) electrons. The zero-order valence-electron chi connectivity index (χ0n) is 14.6. The molecule has 0 aromatic carbocycles. The molecule has 0 saturated carbocycles. The number of piperazine rings is 1. The number of rotatable bonds is 5. The first-order valence-corrected chi connectivity index (χ1v) is 8.01. The molecule has 0 bridgehead atoms. The van der Waals surface area contributed by atoms with Crippen LogP contribution in [-0.4, -0.2) is 65.2 Å². The number of hydrogen-bond acceptors (Lipinski definition) is 3. The Labute approximate surface area is 133 Å². The molecule has 1 rings (SSSR count). The number of hydrogen-bond donors (Lipinski definition) is 2. The third kappa shape index (κ3) is 6.22. The van der Waals surface area contributed by atoms with Gasteiger partial charge in [0.1, 0.15) is 0 Å². The fourth-order valence-corrected chi connectivity index (χ4v) is 3.31. The lowest BCUT2D eigenvalue weighted by atomic mass is 9.80. The molecule has 1 heterocycles. The minimum atomic E-state index is -0.894. The highest BCUT2D eigenvalue weighted by Gasteiger charge is 2.34. The number of carboxylic acid groups (broad SMARTS) is 1. The van der Waals surface area contributed by atoms with Crippen molar-refractivity contribution < 1.29 is 14.7 Å². The average Bonchev–Trinajstić information content (AvgIpc) is 2.35.